The van der Waals surface area contributed by atoms with Crippen molar-refractivity contribution in [2.75, 3.05) is 13.2 Å². The molecule has 0 heterocycles. The van der Waals surface area contributed by atoms with Crippen LogP contribution in [0.5, 0.6) is 0 Å². The topological polar surface area (TPSA) is 78.8 Å². The van der Waals surface area contributed by atoms with Gasteiger partial charge in [0.2, 0.25) is 0 Å². The smallest absolute Gasteiger partial charge is 0.405 e. The van der Waals surface area contributed by atoms with Crippen molar-refractivity contribution in [3.63, 3.8) is 0 Å². The van der Waals surface area contributed by atoms with Crippen LogP contribution in [0.15, 0.2) is 30.3 Å². The number of benzene rings is 1. The number of hydrogen-bond donors (Lipinski definition) is 3. The maximum atomic E-state index is 10.3. The van der Waals surface area contributed by atoms with E-state index in [0.29, 0.717) is 6.61 Å². The fourth-order valence-electron chi connectivity index (χ4n) is 1.21. The highest BCUT2D eigenvalue weighted by molar-refractivity contribution is 5.64. The molecule has 0 aromatic heterocycles. The molecule has 16 heavy (non-hydrogen) atoms. The van der Waals surface area contributed by atoms with Crippen LogP contribution in [0.2, 0.25) is 0 Å². The predicted molar refractivity (Wildman–Crippen MR) is 58.1 cm³/mol. The number of aliphatic hydroxyl groups excluding tert-OH is 1. The van der Waals surface area contributed by atoms with Gasteiger partial charge in [0.15, 0.2) is 0 Å². The molecule has 0 aliphatic rings. The second-order valence-corrected chi connectivity index (χ2v) is 3.33. The molecule has 1 rings (SSSR count). The second kappa shape index (κ2) is 6.81. The van der Waals surface area contributed by atoms with E-state index in [-0.39, 0.29) is 13.2 Å². The number of nitrogens with one attached hydrogen (secondary N) is 1. The maximum absolute atomic E-state index is 10.3. The van der Waals surface area contributed by atoms with Crippen LogP contribution in [0.1, 0.15) is 5.56 Å². The number of amides is 1. The van der Waals surface area contributed by atoms with Crippen LogP contribution in [0.25, 0.3) is 0 Å². The van der Waals surface area contributed by atoms with Crippen molar-refractivity contribution >= 4 is 6.09 Å². The Morgan fingerprint density at radius 2 is 2.06 bits per heavy atom. The third-order valence-corrected chi connectivity index (χ3v) is 1.98. The van der Waals surface area contributed by atoms with E-state index in [9.17, 15) is 4.79 Å². The summed E-state index contributed by atoms with van der Waals surface area (Å²) >= 11 is 0. The average molecular weight is 225 g/mol. The maximum Gasteiger partial charge on any atom is 0.405 e. The molecule has 88 valence electrons. The highest BCUT2D eigenvalue weighted by Gasteiger charge is 2.09. The molecule has 1 amide bonds. The minimum atomic E-state index is -1.16. The van der Waals surface area contributed by atoms with Crippen molar-refractivity contribution in [3.8, 4) is 0 Å². The zero-order chi connectivity index (χ0) is 11.8. The van der Waals surface area contributed by atoms with Gasteiger partial charge in [0.1, 0.15) is 0 Å². The van der Waals surface area contributed by atoms with E-state index in [1.165, 1.54) is 0 Å². The first-order valence-electron chi connectivity index (χ1n) is 4.94. The third-order valence-electron chi connectivity index (χ3n) is 1.98. The molecule has 0 saturated heterocycles. The number of carbonyl (C=O) groups is 1. The molecule has 1 aromatic rings. The number of hydrogen-bond acceptors (Lipinski definition) is 3. The van der Waals surface area contributed by atoms with Gasteiger partial charge < -0.3 is 20.3 Å². The van der Waals surface area contributed by atoms with Gasteiger partial charge in [-0.05, 0) is 5.56 Å². The van der Waals surface area contributed by atoms with Gasteiger partial charge in [-0.25, -0.2) is 4.79 Å². The molecule has 1 atom stereocenters. The Kier molecular flexibility index (Phi) is 5.31. The Morgan fingerprint density at radius 1 is 1.38 bits per heavy atom. The SMILES string of the molecule is O=C(O)NC(CO)COCc1ccccc1. The Morgan fingerprint density at radius 3 is 2.62 bits per heavy atom. The van der Waals surface area contributed by atoms with Crippen LogP contribution in [0.3, 0.4) is 0 Å². The molecule has 3 N–H and O–H groups in total. The zero-order valence-electron chi connectivity index (χ0n) is 8.80. The molecule has 0 aliphatic heterocycles. The van der Waals surface area contributed by atoms with E-state index in [1.54, 1.807) is 0 Å². The lowest BCUT2D eigenvalue weighted by atomic mass is 10.2. The molecular weight excluding hydrogens is 210 g/mol. The Hall–Kier alpha value is -1.59. The van der Waals surface area contributed by atoms with Gasteiger partial charge in [-0.2, -0.15) is 0 Å². The summed E-state index contributed by atoms with van der Waals surface area (Å²) in [5, 5.41) is 19.5. The van der Waals surface area contributed by atoms with Gasteiger partial charge in [-0.15, -0.1) is 0 Å². The van der Waals surface area contributed by atoms with Gasteiger partial charge in [-0.3, -0.25) is 0 Å². The van der Waals surface area contributed by atoms with Crippen LogP contribution in [0.4, 0.5) is 4.79 Å². The van der Waals surface area contributed by atoms with Gasteiger partial charge in [0.25, 0.3) is 0 Å². The van der Waals surface area contributed by atoms with Crippen molar-refractivity contribution in [1.82, 2.24) is 5.32 Å². The van der Waals surface area contributed by atoms with Gasteiger partial charge in [0, 0.05) is 0 Å². The molecule has 5 nitrogen and oxygen atoms in total. The average Bonchev–Trinajstić information content (AvgIpc) is 2.28. The standard InChI is InChI=1S/C11H15NO4/c13-6-10(12-11(14)15)8-16-7-9-4-2-1-3-5-9/h1-5,10,12-13H,6-8H2,(H,14,15). The predicted octanol–water partition coefficient (Wildman–Crippen LogP) is 0.832. The van der Waals surface area contributed by atoms with E-state index in [4.69, 9.17) is 14.9 Å². The quantitative estimate of drug-likeness (QED) is 0.670. The van der Waals surface area contributed by atoms with Gasteiger partial charge in [-0.1, -0.05) is 30.3 Å². The summed E-state index contributed by atoms with van der Waals surface area (Å²) in [5.41, 5.74) is 1.01. The zero-order valence-corrected chi connectivity index (χ0v) is 8.80. The summed E-state index contributed by atoms with van der Waals surface area (Å²) in [4.78, 5) is 10.3. The first-order chi connectivity index (χ1) is 7.72. The van der Waals surface area contributed by atoms with Gasteiger partial charge in [0.05, 0.1) is 25.9 Å². The molecule has 0 saturated carbocycles. The normalized spacial score (nSPS) is 12.1. The van der Waals surface area contributed by atoms with Crippen molar-refractivity contribution < 1.29 is 19.7 Å². The molecule has 5 heteroatoms. The fraction of sp³-hybridized carbons (Fsp3) is 0.364. The summed E-state index contributed by atoms with van der Waals surface area (Å²) in [7, 11) is 0. The largest absolute Gasteiger partial charge is 0.465 e. The number of carboxylic acid groups (broad SMARTS) is 1. The first kappa shape index (κ1) is 12.5. The summed E-state index contributed by atoms with van der Waals surface area (Å²) < 4.78 is 5.29. The minimum Gasteiger partial charge on any atom is -0.465 e. The van der Waals surface area contributed by atoms with E-state index >= 15 is 0 Å². The molecule has 0 aliphatic carbocycles. The molecule has 1 aromatic carbocycles. The van der Waals surface area contributed by atoms with Crippen LogP contribution in [-0.4, -0.2) is 35.6 Å². The number of rotatable bonds is 6. The van der Waals surface area contributed by atoms with E-state index in [0.717, 1.165) is 5.56 Å². The molecule has 0 spiro atoms. The van der Waals surface area contributed by atoms with Crippen LogP contribution < -0.4 is 5.32 Å². The number of ether oxygens (including phenoxy) is 1. The minimum absolute atomic E-state index is 0.150. The lowest BCUT2D eigenvalue weighted by Gasteiger charge is -2.14. The molecular formula is C11H15NO4. The lowest BCUT2D eigenvalue weighted by Crippen LogP contribution is -2.39. The molecule has 0 radical (unpaired) electrons. The fourth-order valence-corrected chi connectivity index (χ4v) is 1.21. The first-order valence-corrected chi connectivity index (χ1v) is 4.94. The molecule has 0 fully saturated rings. The van der Waals surface area contributed by atoms with Crippen molar-refractivity contribution in [2.45, 2.75) is 12.6 Å². The Bertz CT molecular complexity index is 315. The van der Waals surface area contributed by atoms with E-state index in [2.05, 4.69) is 5.32 Å². The summed E-state index contributed by atoms with van der Waals surface area (Å²) in [6.07, 6.45) is -1.16. The van der Waals surface area contributed by atoms with Crippen molar-refractivity contribution in [1.29, 1.82) is 0 Å². The molecule has 0 bridgehead atoms. The van der Waals surface area contributed by atoms with Crippen LogP contribution in [-0.2, 0) is 11.3 Å². The highest BCUT2D eigenvalue weighted by Crippen LogP contribution is 2.00. The highest BCUT2D eigenvalue weighted by atomic mass is 16.5. The monoisotopic (exact) mass is 225 g/mol. The summed E-state index contributed by atoms with van der Waals surface area (Å²) in [5.74, 6) is 0. The van der Waals surface area contributed by atoms with Crippen molar-refractivity contribution in [2.24, 2.45) is 0 Å². The summed E-state index contributed by atoms with van der Waals surface area (Å²) in [6.45, 7) is 0.275. The molecule has 1 unspecified atom stereocenters. The summed E-state index contributed by atoms with van der Waals surface area (Å²) in [6, 6.07) is 8.96. The van der Waals surface area contributed by atoms with Crippen molar-refractivity contribution in [3.05, 3.63) is 35.9 Å². The third kappa shape index (κ3) is 4.77. The number of aliphatic hydroxyl groups is 1. The lowest BCUT2D eigenvalue weighted by molar-refractivity contribution is 0.0769. The Balaban J connectivity index is 2.26. The van der Waals surface area contributed by atoms with Crippen LogP contribution in [0, 0.1) is 0 Å². The van der Waals surface area contributed by atoms with Gasteiger partial charge >= 0.3 is 6.09 Å². The van der Waals surface area contributed by atoms with Crippen LogP contribution >= 0.6 is 0 Å². The van der Waals surface area contributed by atoms with E-state index in [1.807, 2.05) is 30.3 Å². The second-order valence-electron chi connectivity index (χ2n) is 3.33. The van der Waals surface area contributed by atoms with E-state index < -0.39 is 12.1 Å². The Labute approximate surface area is 93.7 Å².